The minimum atomic E-state index is -0.408. The number of likely N-dealkylation sites (tertiary alicyclic amines) is 1. The fourth-order valence-electron chi connectivity index (χ4n) is 3.30. The average Bonchev–Trinajstić information content (AvgIpc) is 2.60. The second-order valence-electron chi connectivity index (χ2n) is 8.14. The standard InChI is InChI=1S/C21H31NO4/c1-5-19(23)25-15-26-20(24)22-11-9-17(10-12-22)18-8-6-7-16(13-18)14-21(2,3)4/h6-8,13,17H,5,9-12,14-15H2,1-4H3. The number of benzene rings is 1. The molecule has 0 spiro atoms. The Bertz CT molecular complexity index is 613. The predicted octanol–water partition coefficient (Wildman–Crippen LogP) is 4.50. The minimum absolute atomic E-state index is 0.271. The Kier molecular flexibility index (Phi) is 7.06. The topological polar surface area (TPSA) is 55.8 Å². The number of esters is 1. The predicted molar refractivity (Wildman–Crippen MR) is 101 cm³/mol. The van der Waals surface area contributed by atoms with Gasteiger partial charge in [-0.15, -0.1) is 0 Å². The molecule has 0 atom stereocenters. The van der Waals surface area contributed by atoms with Crippen LogP contribution in [0.25, 0.3) is 0 Å². The fraction of sp³-hybridized carbons (Fsp3) is 0.619. The van der Waals surface area contributed by atoms with Crippen LogP contribution in [-0.2, 0) is 20.7 Å². The molecule has 26 heavy (non-hydrogen) atoms. The molecule has 0 bridgehead atoms. The molecule has 0 aliphatic carbocycles. The maximum absolute atomic E-state index is 12.0. The van der Waals surface area contributed by atoms with Gasteiger partial charge >= 0.3 is 12.1 Å². The van der Waals surface area contributed by atoms with Crippen LogP contribution in [-0.4, -0.2) is 36.8 Å². The maximum Gasteiger partial charge on any atom is 0.412 e. The van der Waals surface area contributed by atoms with E-state index in [4.69, 9.17) is 9.47 Å². The second kappa shape index (κ2) is 9.06. The molecule has 1 aliphatic rings. The van der Waals surface area contributed by atoms with Gasteiger partial charge in [-0.05, 0) is 41.7 Å². The smallest absolute Gasteiger partial charge is 0.412 e. The van der Waals surface area contributed by atoms with Crippen molar-refractivity contribution in [2.45, 2.75) is 59.3 Å². The van der Waals surface area contributed by atoms with Crippen molar-refractivity contribution in [2.24, 2.45) is 5.41 Å². The van der Waals surface area contributed by atoms with Crippen molar-refractivity contribution >= 4 is 12.1 Å². The highest BCUT2D eigenvalue weighted by Gasteiger charge is 2.25. The van der Waals surface area contributed by atoms with E-state index in [1.54, 1.807) is 11.8 Å². The van der Waals surface area contributed by atoms with Gasteiger partial charge in [0.05, 0.1) is 0 Å². The lowest BCUT2D eigenvalue weighted by Gasteiger charge is -2.31. The summed E-state index contributed by atoms with van der Waals surface area (Å²) < 4.78 is 9.80. The second-order valence-corrected chi connectivity index (χ2v) is 8.14. The molecule has 1 aliphatic heterocycles. The molecule has 1 aromatic carbocycles. The Morgan fingerprint density at radius 3 is 2.46 bits per heavy atom. The number of carbonyl (C=O) groups is 2. The summed E-state index contributed by atoms with van der Waals surface area (Å²) in [5, 5.41) is 0. The van der Waals surface area contributed by atoms with Gasteiger partial charge in [0.1, 0.15) is 0 Å². The van der Waals surface area contributed by atoms with E-state index < -0.39 is 6.09 Å². The number of piperidine rings is 1. The van der Waals surface area contributed by atoms with E-state index in [0.29, 0.717) is 19.0 Å². The molecular weight excluding hydrogens is 330 g/mol. The zero-order valence-corrected chi connectivity index (χ0v) is 16.4. The Balaban J connectivity index is 1.83. The van der Waals surface area contributed by atoms with Crippen LogP contribution in [0.5, 0.6) is 0 Å². The van der Waals surface area contributed by atoms with Crippen LogP contribution in [0.3, 0.4) is 0 Å². The summed E-state index contributed by atoms with van der Waals surface area (Å²) >= 11 is 0. The van der Waals surface area contributed by atoms with Gasteiger partial charge in [0, 0.05) is 19.5 Å². The highest BCUT2D eigenvalue weighted by Crippen LogP contribution is 2.30. The highest BCUT2D eigenvalue weighted by atomic mass is 16.7. The van der Waals surface area contributed by atoms with Crippen LogP contribution >= 0.6 is 0 Å². The molecule has 0 unspecified atom stereocenters. The minimum Gasteiger partial charge on any atom is -0.428 e. The normalized spacial score (nSPS) is 15.6. The molecule has 5 heteroatoms. The van der Waals surface area contributed by atoms with E-state index in [1.807, 2.05) is 0 Å². The van der Waals surface area contributed by atoms with E-state index >= 15 is 0 Å². The van der Waals surface area contributed by atoms with E-state index in [-0.39, 0.29) is 24.6 Å². The number of carbonyl (C=O) groups excluding carboxylic acids is 2. The first-order chi connectivity index (χ1) is 12.3. The van der Waals surface area contributed by atoms with Gasteiger partial charge in [0.15, 0.2) is 0 Å². The zero-order chi connectivity index (χ0) is 19.2. The van der Waals surface area contributed by atoms with Crippen LogP contribution in [0.2, 0.25) is 0 Å². The van der Waals surface area contributed by atoms with E-state index in [2.05, 4.69) is 45.0 Å². The van der Waals surface area contributed by atoms with Gasteiger partial charge in [0.2, 0.25) is 6.79 Å². The SMILES string of the molecule is CCC(=O)OCOC(=O)N1CCC(c2cccc(CC(C)(C)C)c2)CC1. The molecule has 1 fully saturated rings. The van der Waals surface area contributed by atoms with Crippen molar-refractivity contribution in [1.82, 2.24) is 4.90 Å². The Hall–Kier alpha value is -2.04. The molecule has 1 aromatic rings. The van der Waals surface area contributed by atoms with Crippen LogP contribution < -0.4 is 0 Å². The molecule has 0 radical (unpaired) electrons. The van der Waals surface area contributed by atoms with Crippen LogP contribution in [0.1, 0.15) is 64.0 Å². The van der Waals surface area contributed by atoms with Gasteiger partial charge < -0.3 is 14.4 Å². The zero-order valence-electron chi connectivity index (χ0n) is 16.4. The van der Waals surface area contributed by atoms with Gasteiger partial charge in [0.25, 0.3) is 0 Å². The van der Waals surface area contributed by atoms with Crippen molar-refractivity contribution in [2.75, 3.05) is 19.9 Å². The van der Waals surface area contributed by atoms with Crippen molar-refractivity contribution in [3.63, 3.8) is 0 Å². The van der Waals surface area contributed by atoms with E-state index in [0.717, 1.165) is 19.3 Å². The van der Waals surface area contributed by atoms with Crippen molar-refractivity contribution in [1.29, 1.82) is 0 Å². The van der Waals surface area contributed by atoms with E-state index in [9.17, 15) is 9.59 Å². The van der Waals surface area contributed by atoms with Crippen molar-refractivity contribution in [3.05, 3.63) is 35.4 Å². The highest BCUT2D eigenvalue weighted by molar-refractivity contribution is 5.70. The first-order valence-corrected chi connectivity index (χ1v) is 9.44. The Morgan fingerprint density at radius 1 is 1.15 bits per heavy atom. The molecule has 1 amide bonds. The molecular formula is C21H31NO4. The van der Waals surface area contributed by atoms with Gasteiger partial charge in [-0.25, -0.2) is 4.79 Å². The molecule has 0 saturated carbocycles. The van der Waals surface area contributed by atoms with Gasteiger partial charge in [-0.1, -0.05) is 52.0 Å². The molecule has 1 saturated heterocycles. The van der Waals surface area contributed by atoms with Crippen LogP contribution in [0.4, 0.5) is 4.79 Å². The van der Waals surface area contributed by atoms with Crippen LogP contribution in [0, 0.1) is 5.41 Å². The number of rotatable bonds is 5. The van der Waals surface area contributed by atoms with Crippen molar-refractivity contribution in [3.8, 4) is 0 Å². The van der Waals surface area contributed by atoms with Crippen LogP contribution in [0.15, 0.2) is 24.3 Å². The number of hydrogen-bond acceptors (Lipinski definition) is 4. The number of amides is 1. The third-order valence-electron chi connectivity index (χ3n) is 4.60. The first-order valence-electron chi connectivity index (χ1n) is 9.44. The third kappa shape index (κ3) is 6.36. The van der Waals surface area contributed by atoms with Crippen molar-refractivity contribution < 1.29 is 19.1 Å². The summed E-state index contributed by atoms with van der Waals surface area (Å²) in [6.45, 7) is 9.47. The summed E-state index contributed by atoms with van der Waals surface area (Å²) in [4.78, 5) is 24.8. The average molecular weight is 361 g/mol. The quantitative estimate of drug-likeness (QED) is 0.572. The number of nitrogens with zero attached hydrogens (tertiary/aromatic N) is 1. The Labute approximate surface area is 156 Å². The molecule has 5 nitrogen and oxygen atoms in total. The summed E-state index contributed by atoms with van der Waals surface area (Å²) in [5.41, 5.74) is 3.00. The maximum atomic E-state index is 12.0. The molecule has 1 heterocycles. The lowest BCUT2D eigenvalue weighted by Crippen LogP contribution is -2.38. The number of hydrogen-bond donors (Lipinski definition) is 0. The van der Waals surface area contributed by atoms with Gasteiger partial charge in [-0.2, -0.15) is 0 Å². The molecule has 144 valence electrons. The third-order valence-corrected chi connectivity index (χ3v) is 4.60. The first kappa shape index (κ1) is 20.3. The largest absolute Gasteiger partial charge is 0.428 e. The van der Waals surface area contributed by atoms with Gasteiger partial charge in [-0.3, -0.25) is 4.79 Å². The Morgan fingerprint density at radius 2 is 1.85 bits per heavy atom. The monoisotopic (exact) mass is 361 g/mol. The summed E-state index contributed by atoms with van der Waals surface area (Å²) in [6.07, 6.45) is 2.76. The summed E-state index contributed by atoms with van der Waals surface area (Å²) in [6, 6.07) is 8.83. The summed E-state index contributed by atoms with van der Waals surface area (Å²) in [7, 11) is 0. The number of ether oxygens (including phenoxy) is 2. The molecule has 0 N–H and O–H groups in total. The molecule has 0 aromatic heterocycles. The van der Waals surface area contributed by atoms with E-state index in [1.165, 1.54) is 11.1 Å². The lowest BCUT2D eigenvalue weighted by atomic mass is 9.84. The summed E-state index contributed by atoms with van der Waals surface area (Å²) in [5.74, 6) is 0.100. The molecule has 2 rings (SSSR count). The fourth-order valence-corrected chi connectivity index (χ4v) is 3.30. The lowest BCUT2D eigenvalue weighted by molar-refractivity contribution is -0.152.